The molecule has 0 aliphatic carbocycles. The third-order valence-corrected chi connectivity index (χ3v) is 5.41. The fourth-order valence-electron chi connectivity index (χ4n) is 2.68. The molecular formula is C20H23N3O3S. The molecule has 0 saturated carbocycles. The highest BCUT2D eigenvalue weighted by atomic mass is 32.2. The van der Waals surface area contributed by atoms with Gasteiger partial charge in [0.1, 0.15) is 10.6 Å². The Balaban J connectivity index is 2.07. The molecule has 1 aromatic heterocycles. The molecular weight excluding hydrogens is 362 g/mol. The Bertz CT molecular complexity index is 1040. The minimum absolute atomic E-state index is 0.154. The first-order valence-corrected chi connectivity index (χ1v) is 10.0. The molecule has 0 aliphatic rings. The van der Waals surface area contributed by atoms with Crippen LogP contribution in [0.15, 0.2) is 65.7 Å². The number of hydrogen-bond acceptors (Lipinski definition) is 4. The Kier molecular flexibility index (Phi) is 4.97. The summed E-state index contributed by atoms with van der Waals surface area (Å²) >= 11 is 0. The van der Waals surface area contributed by atoms with Gasteiger partial charge < -0.3 is 4.74 Å². The maximum absolute atomic E-state index is 13.1. The zero-order valence-corrected chi connectivity index (χ0v) is 16.6. The van der Waals surface area contributed by atoms with Crippen LogP contribution in [0.2, 0.25) is 0 Å². The van der Waals surface area contributed by atoms with E-state index in [9.17, 15) is 8.42 Å². The molecule has 0 bridgehead atoms. The number of ether oxygens (including phenoxy) is 1. The van der Waals surface area contributed by atoms with E-state index in [1.54, 1.807) is 35.1 Å². The van der Waals surface area contributed by atoms with Crippen LogP contribution in [-0.4, -0.2) is 25.3 Å². The molecule has 0 unspecified atom stereocenters. The molecule has 3 rings (SSSR count). The van der Waals surface area contributed by atoms with Crippen LogP contribution in [0.3, 0.4) is 0 Å². The molecule has 0 saturated heterocycles. The molecule has 0 radical (unpaired) electrons. The quantitative estimate of drug-likeness (QED) is 0.721. The average Bonchev–Trinajstić information content (AvgIpc) is 3.09. The van der Waals surface area contributed by atoms with Crippen LogP contribution in [0, 0.1) is 0 Å². The van der Waals surface area contributed by atoms with Crippen LogP contribution in [-0.2, 0) is 15.4 Å². The van der Waals surface area contributed by atoms with E-state index >= 15 is 0 Å². The van der Waals surface area contributed by atoms with Crippen molar-refractivity contribution in [2.45, 2.75) is 31.1 Å². The second-order valence-electron chi connectivity index (χ2n) is 7.21. The zero-order chi connectivity index (χ0) is 19.7. The highest BCUT2D eigenvalue weighted by molar-refractivity contribution is 7.92. The molecule has 0 fully saturated rings. The minimum atomic E-state index is -3.83. The fourth-order valence-corrected chi connectivity index (χ4v) is 4.07. The number of para-hydroxylation sites is 1. The smallest absolute Gasteiger partial charge is 0.265 e. The zero-order valence-electron chi connectivity index (χ0n) is 15.8. The fraction of sp³-hybridized carbons (Fsp3) is 0.250. The van der Waals surface area contributed by atoms with Gasteiger partial charge in [0.15, 0.2) is 0 Å². The van der Waals surface area contributed by atoms with E-state index in [2.05, 4.69) is 9.82 Å². The minimum Gasteiger partial charge on any atom is -0.497 e. The van der Waals surface area contributed by atoms with Crippen molar-refractivity contribution in [3.05, 3.63) is 66.5 Å². The standard InChI is InChI=1S/C20H23N3O3S/c1-20(2,3)19-18(14-23(21-19)16-10-6-5-7-11-16)27(24,25)22-15-9-8-12-17(13-15)26-4/h5-14,22H,1-4H3. The number of anilines is 1. The Morgan fingerprint density at radius 3 is 2.37 bits per heavy atom. The van der Waals surface area contributed by atoms with Crippen LogP contribution < -0.4 is 9.46 Å². The first-order chi connectivity index (χ1) is 12.7. The van der Waals surface area contributed by atoms with Crippen molar-refractivity contribution in [2.75, 3.05) is 11.8 Å². The number of nitrogens with zero attached hydrogens (tertiary/aromatic N) is 2. The lowest BCUT2D eigenvalue weighted by molar-refractivity contribution is 0.415. The summed E-state index contributed by atoms with van der Waals surface area (Å²) in [6, 6.07) is 16.2. The first kappa shape index (κ1) is 19.0. The maximum atomic E-state index is 13.1. The predicted molar refractivity (Wildman–Crippen MR) is 106 cm³/mol. The lowest BCUT2D eigenvalue weighted by Crippen LogP contribution is -2.20. The predicted octanol–water partition coefficient (Wildman–Crippen LogP) is 3.98. The van der Waals surface area contributed by atoms with E-state index in [1.165, 1.54) is 7.11 Å². The summed E-state index contributed by atoms with van der Waals surface area (Å²) in [4.78, 5) is 0.154. The summed E-state index contributed by atoms with van der Waals surface area (Å²) in [5.74, 6) is 0.575. The Labute approximate surface area is 159 Å². The number of nitrogens with one attached hydrogen (secondary N) is 1. The van der Waals surface area contributed by atoms with E-state index in [1.807, 2.05) is 51.1 Å². The maximum Gasteiger partial charge on any atom is 0.265 e. The molecule has 0 amide bonds. The Morgan fingerprint density at radius 2 is 1.74 bits per heavy atom. The van der Waals surface area contributed by atoms with Crippen LogP contribution in [0.1, 0.15) is 26.5 Å². The third kappa shape index (κ3) is 4.14. The number of aromatic nitrogens is 2. The van der Waals surface area contributed by atoms with Gasteiger partial charge in [-0.25, -0.2) is 13.1 Å². The number of methoxy groups -OCH3 is 1. The van der Waals surface area contributed by atoms with Crippen molar-refractivity contribution >= 4 is 15.7 Å². The summed E-state index contributed by atoms with van der Waals surface area (Å²) < 4.78 is 35.6. The number of sulfonamides is 1. The average molecular weight is 385 g/mol. The molecule has 0 atom stereocenters. The lowest BCUT2D eigenvalue weighted by atomic mass is 9.92. The molecule has 1 heterocycles. The van der Waals surface area contributed by atoms with Gasteiger partial charge in [-0.15, -0.1) is 0 Å². The van der Waals surface area contributed by atoms with Crippen LogP contribution in [0.5, 0.6) is 5.75 Å². The van der Waals surface area contributed by atoms with Crippen molar-refractivity contribution in [1.82, 2.24) is 9.78 Å². The molecule has 27 heavy (non-hydrogen) atoms. The summed E-state index contributed by atoms with van der Waals surface area (Å²) in [6.45, 7) is 5.82. The topological polar surface area (TPSA) is 73.2 Å². The van der Waals surface area contributed by atoms with Crippen molar-refractivity contribution < 1.29 is 13.2 Å². The van der Waals surface area contributed by atoms with Gasteiger partial charge in [-0.1, -0.05) is 45.0 Å². The summed E-state index contributed by atoms with van der Waals surface area (Å²) in [5, 5.41) is 4.57. The molecule has 0 spiro atoms. The second kappa shape index (κ2) is 7.08. The van der Waals surface area contributed by atoms with Crippen molar-refractivity contribution in [2.24, 2.45) is 0 Å². The van der Waals surface area contributed by atoms with Crippen molar-refractivity contribution in [3.8, 4) is 11.4 Å². The van der Waals surface area contributed by atoms with Gasteiger partial charge in [-0.05, 0) is 24.3 Å². The monoisotopic (exact) mass is 385 g/mol. The first-order valence-electron chi connectivity index (χ1n) is 8.53. The molecule has 3 aromatic rings. The van der Waals surface area contributed by atoms with Crippen LogP contribution >= 0.6 is 0 Å². The number of benzene rings is 2. The van der Waals surface area contributed by atoms with E-state index in [4.69, 9.17) is 4.74 Å². The van der Waals surface area contributed by atoms with E-state index < -0.39 is 15.4 Å². The Morgan fingerprint density at radius 1 is 1.04 bits per heavy atom. The summed E-state index contributed by atoms with van der Waals surface area (Å²) in [7, 11) is -2.29. The van der Waals surface area contributed by atoms with Gasteiger partial charge in [0.2, 0.25) is 0 Å². The highest BCUT2D eigenvalue weighted by Gasteiger charge is 2.30. The molecule has 142 valence electrons. The molecule has 2 aromatic carbocycles. The highest BCUT2D eigenvalue weighted by Crippen LogP contribution is 2.30. The third-order valence-electron chi connectivity index (χ3n) is 4.02. The van der Waals surface area contributed by atoms with Crippen LogP contribution in [0.25, 0.3) is 5.69 Å². The molecule has 0 aliphatic heterocycles. The van der Waals surface area contributed by atoms with Crippen LogP contribution in [0.4, 0.5) is 5.69 Å². The van der Waals surface area contributed by atoms with E-state index in [0.29, 0.717) is 17.1 Å². The van der Waals surface area contributed by atoms with Crippen molar-refractivity contribution in [3.63, 3.8) is 0 Å². The lowest BCUT2D eigenvalue weighted by Gasteiger charge is -2.18. The second-order valence-corrected chi connectivity index (χ2v) is 8.86. The van der Waals surface area contributed by atoms with Gasteiger partial charge >= 0.3 is 0 Å². The summed E-state index contributed by atoms with van der Waals surface area (Å²) in [5.41, 5.74) is 1.28. The SMILES string of the molecule is COc1cccc(NS(=O)(=O)c2cn(-c3ccccc3)nc2C(C)(C)C)c1. The van der Waals surface area contributed by atoms with Crippen molar-refractivity contribution in [1.29, 1.82) is 0 Å². The van der Waals surface area contributed by atoms with Gasteiger partial charge in [-0.3, -0.25) is 4.72 Å². The summed E-state index contributed by atoms with van der Waals surface area (Å²) in [6.07, 6.45) is 1.55. The van der Waals surface area contributed by atoms with Gasteiger partial charge in [0.25, 0.3) is 10.0 Å². The van der Waals surface area contributed by atoms with Gasteiger partial charge in [0, 0.05) is 11.5 Å². The molecule has 7 heteroatoms. The Hall–Kier alpha value is -2.80. The number of rotatable bonds is 5. The molecule has 1 N–H and O–H groups in total. The normalized spacial score (nSPS) is 12.0. The number of hydrogen-bond donors (Lipinski definition) is 1. The van der Waals surface area contributed by atoms with E-state index in [-0.39, 0.29) is 4.90 Å². The largest absolute Gasteiger partial charge is 0.497 e. The van der Waals surface area contributed by atoms with Gasteiger partial charge in [-0.2, -0.15) is 5.10 Å². The van der Waals surface area contributed by atoms with E-state index in [0.717, 1.165) is 5.69 Å². The molecule has 6 nitrogen and oxygen atoms in total. The van der Waals surface area contributed by atoms with Gasteiger partial charge in [0.05, 0.1) is 30.4 Å².